The largest absolute Gasteiger partial charge is 0.478 e. The standard InChI is InChI=1S/C13H15N3O5S/c17-13(18)9-2-1-3-10(8-9)22-12(15-20)11(14-19)16-4-6-21-7-5-16/h1-3,8,19-20H,4-7H2,(H,17,18)/b14-11-,15-12+. The van der Waals surface area contributed by atoms with E-state index in [9.17, 15) is 15.2 Å². The minimum absolute atomic E-state index is 0.0759. The minimum atomic E-state index is -1.05. The number of carboxylic acids is 1. The molecular weight excluding hydrogens is 310 g/mol. The van der Waals surface area contributed by atoms with Crippen molar-refractivity contribution in [3.05, 3.63) is 29.8 Å². The van der Waals surface area contributed by atoms with Gasteiger partial charge in [-0.1, -0.05) is 28.1 Å². The molecule has 2 rings (SSSR count). The van der Waals surface area contributed by atoms with Crippen LogP contribution in [0.3, 0.4) is 0 Å². The normalized spacial score (nSPS) is 16.6. The second kappa shape index (κ2) is 7.66. The van der Waals surface area contributed by atoms with Crippen LogP contribution in [-0.4, -0.2) is 63.6 Å². The summed E-state index contributed by atoms with van der Waals surface area (Å²) in [5, 5.41) is 33.8. The van der Waals surface area contributed by atoms with Crippen molar-refractivity contribution in [3.8, 4) is 0 Å². The second-order valence-corrected chi connectivity index (χ2v) is 5.43. The zero-order valence-electron chi connectivity index (χ0n) is 11.5. The minimum Gasteiger partial charge on any atom is -0.478 e. The van der Waals surface area contributed by atoms with Gasteiger partial charge in [-0.3, -0.25) is 0 Å². The van der Waals surface area contributed by atoms with Crippen LogP contribution in [-0.2, 0) is 4.74 Å². The Balaban J connectivity index is 2.17. The number of oxime groups is 2. The van der Waals surface area contributed by atoms with E-state index in [0.29, 0.717) is 31.2 Å². The maximum atomic E-state index is 11.0. The first-order chi connectivity index (χ1) is 10.7. The molecule has 0 unspecified atom stereocenters. The zero-order chi connectivity index (χ0) is 15.9. The van der Waals surface area contributed by atoms with Gasteiger partial charge in [0.25, 0.3) is 0 Å². The molecule has 8 nitrogen and oxygen atoms in total. The predicted molar refractivity (Wildman–Crippen MR) is 80.1 cm³/mol. The van der Waals surface area contributed by atoms with Crippen LogP contribution < -0.4 is 0 Å². The van der Waals surface area contributed by atoms with E-state index in [-0.39, 0.29) is 16.4 Å². The number of rotatable bonds is 2. The molecule has 0 radical (unpaired) electrons. The molecule has 1 fully saturated rings. The van der Waals surface area contributed by atoms with Crippen molar-refractivity contribution in [1.82, 2.24) is 4.90 Å². The Morgan fingerprint density at radius 1 is 1.23 bits per heavy atom. The predicted octanol–water partition coefficient (Wildman–Crippen LogP) is 1.38. The lowest BCUT2D eigenvalue weighted by Crippen LogP contribution is -2.43. The summed E-state index contributed by atoms with van der Waals surface area (Å²) in [6.45, 7) is 1.98. The average molecular weight is 325 g/mol. The highest BCUT2D eigenvalue weighted by Crippen LogP contribution is 2.23. The molecule has 22 heavy (non-hydrogen) atoms. The molecule has 1 aromatic carbocycles. The number of aromatic carboxylic acids is 1. The van der Waals surface area contributed by atoms with Crippen molar-refractivity contribution in [2.75, 3.05) is 26.3 Å². The van der Waals surface area contributed by atoms with E-state index in [1.807, 2.05) is 0 Å². The highest BCUT2D eigenvalue weighted by molar-refractivity contribution is 8.15. The lowest BCUT2D eigenvalue weighted by Gasteiger charge is -2.28. The molecule has 1 aromatic rings. The first-order valence-corrected chi connectivity index (χ1v) is 7.25. The lowest BCUT2D eigenvalue weighted by atomic mass is 10.2. The number of hydrogen-bond acceptors (Lipinski definition) is 7. The summed E-state index contributed by atoms with van der Waals surface area (Å²) in [4.78, 5) is 13.3. The van der Waals surface area contributed by atoms with E-state index >= 15 is 0 Å². The number of amidine groups is 1. The summed E-state index contributed by atoms with van der Waals surface area (Å²) in [7, 11) is 0. The molecule has 0 atom stereocenters. The highest BCUT2D eigenvalue weighted by atomic mass is 32.2. The quantitative estimate of drug-likeness (QED) is 0.247. The number of benzene rings is 1. The SMILES string of the molecule is O=C(O)c1cccc(SC(=N/O)/C(=N/O)N2CCOCC2)c1. The Labute approximate surface area is 130 Å². The van der Waals surface area contributed by atoms with Crippen LogP contribution in [0.1, 0.15) is 10.4 Å². The molecule has 3 N–H and O–H groups in total. The highest BCUT2D eigenvalue weighted by Gasteiger charge is 2.22. The van der Waals surface area contributed by atoms with Crippen molar-refractivity contribution >= 4 is 28.6 Å². The fourth-order valence-corrected chi connectivity index (χ4v) is 2.79. The van der Waals surface area contributed by atoms with Gasteiger partial charge in [0.15, 0.2) is 5.04 Å². The third-order valence-corrected chi connectivity index (χ3v) is 3.93. The van der Waals surface area contributed by atoms with Crippen molar-refractivity contribution in [1.29, 1.82) is 0 Å². The van der Waals surface area contributed by atoms with Gasteiger partial charge in [-0.2, -0.15) is 0 Å². The summed E-state index contributed by atoms with van der Waals surface area (Å²) in [6.07, 6.45) is 0. The summed E-state index contributed by atoms with van der Waals surface area (Å²) in [5.74, 6) is -0.925. The maximum absolute atomic E-state index is 11.0. The number of carbonyl (C=O) groups is 1. The number of ether oxygens (including phenoxy) is 1. The Kier molecular flexibility index (Phi) is 5.61. The molecule has 0 aliphatic carbocycles. The summed E-state index contributed by atoms with van der Waals surface area (Å²) >= 11 is 1.01. The molecule has 1 aliphatic rings. The molecule has 0 spiro atoms. The van der Waals surface area contributed by atoms with E-state index in [0.717, 1.165) is 11.8 Å². The van der Waals surface area contributed by atoms with Gasteiger partial charge in [-0.25, -0.2) is 4.79 Å². The van der Waals surface area contributed by atoms with Crippen molar-refractivity contribution in [3.63, 3.8) is 0 Å². The Hall–Kier alpha value is -2.26. The van der Waals surface area contributed by atoms with Gasteiger partial charge in [0.05, 0.1) is 18.8 Å². The fraction of sp³-hybridized carbons (Fsp3) is 0.308. The van der Waals surface area contributed by atoms with Gasteiger partial charge in [0.1, 0.15) is 0 Å². The van der Waals surface area contributed by atoms with Crippen LogP contribution in [0.15, 0.2) is 39.5 Å². The fourth-order valence-electron chi connectivity index (χ4n) is 1.93. The molecule has 0 aromatic heterocycles. The van der Waals surface area contributed by atoms with Crippen molar-refractivity contribution in [2.45, 2.75) is 4.90 Å². The van der Waals surface area contributed by atoms with Gasteiger partial charge >= 0.3 is 5.97 Å². The van der Waals surface area contributed by atoms with Crippen LogP contribution in [0.4, 0.5) is 0 Å². The molecule has 0 saturated carbocycles. The van der Waals surface area contributed by atoms with Gasteiger partial charge in [-0.15, -0.1) is 0 Å². The summed E-state index contributed by atoms with van der Waals surface area (Å²) < 4.78 is 5.22. The number of hydrogen-bond donors (Lipinski definition) is 3. The number of carboxylic acid groups (broad SMARTS) is 1. The number of nitrogens with zero attached hydrogens (tertiary/aromatic N) is 3. The van der Waals surface area contributed by atoms with Crippen LogP contribution in [0.5, 0.6) is 0 Å². The van der Waals surface area contributed by atoms with E-state index in [4.69, 9.17) is 9.84 Å². The smallest absolute Gasteiger partial charge is 0.335 e. The third kappa shape index (κ3) is 3.89. The molecular formula is C13H15N3O5S. The second-order valence-electron chi connectivity index (χ2n) is 4.36. The molecule has 0 amide bonds. The first kappa shape index (κ1) is 16.1. The maximum Gasteiger partial charge on any atom is 0.335 e. The van der Waals surface area contributed by atoms with E-state index in [1.165, 1.54) is 12.1 Å². The molecule has 9 heteroatoms. The molecule has 1 aliphatic heterocycles. The van der Waals surface area contributed by atoms with Crippen molar-refractivity contribution < 1.29 is 25.1 Å². The monoisotopic (exact) mass is 325 g/mol. The van der Waals surface area contributed by atoms with Gasteiger partial charge in [-0.05, 0) is 18.2 Å². The zero-order valence-corrected chi connectivity index (χ0v) is 12.4. The average Bonchev–Trinajstić information content (AvgIpc) is 2.55. The number of thioether (sulfide) groups is 1. The molecule has 1 saturated heterocycles. The van der Waals surface area contributed by atoms with E-state index in [1.54, 1.807) is 17.0 Å². The van der Waals surface area contributed by atoms with E-state index < -0.39 is 5.97 Å². The van der Waals surface area contributed by atoms with Crippen molar-refractivity contribution in [2.24, 2.45) is 10.3 Å². The van der Waals surface area contributed by atoms with Gasteiger partial charge in [0.2, 0.25) is 5.84 Å². The van der Waals surface area contributed by atoms with Gasteiger partial charge in [0, 0.05) is 18.0 Å². The summed E-state index contributed by atoms with van der Waals surface area (Å²) in [5.41, 5.74) is 0.121. The first-order valence-electron chi connectivity index (χ1n) is 6.44. The van der Waals surface area contributed by atoms with Crippen LogP contribution in [0.2, 0.25) is 0 Å². The van der Waals surface area contributed by atoms with Crippen LogP contribution >= 0.6 is 11.8 Å². The topological polar surface area (TPSA) is 115 Å². The Morgan fingerprint density at radius 3 is 2.55 bits per heavy atom. The van der Waals surface area contributed by atoms with Gasteiger partial charge < -0.3 is 25.2 Å². The third-order valence-electron chi connectivity index (χ3n) is 2.98. The van der Waals surface area contributed by atoms with Crippen LogP contribution in [0.25, 0.3) is 0 Å². The molecule has 118 valence electrons. The Morgan fingerprint density at radius 2 is 1.95 bits per heavy atom. The molecule has 0 bridgehead atoms. The van der Waals surface area contributed by atoms with Crippen LogP contribution in [0, 0.1) is 0 Å². The van der Waals surface area contributed by atoms with E-state index in [2.05, 4.69) is 10.3 Å². The Bertz CT molecular complexity index is 599. The number of morpholine rings is 1. The summed E-state index contributed by atoms with van der Waals surface area (Å²) in [6, 6.07) is 6.18. The lowest BCUT2D eigenvalue weighted by molar-refractivity contribution is 0.0674. The molecule has 1 heterocycles.